The van der Waals surface area contributed by atoms with Gasteiger partial charge in [0, 0.05) is 26.2 Å². The summed E-state index contributed by atoms with van der Waals surface area (Å²) in [5.74, 6) is -0.340. The summed E-state index contributed by atoms with van der Waals surface area (Å²) in [6.07, 6.45) is 2.73. The summed E-state index contributed by atoms with van der Waals surface area (Å²) >= 11 is 1.31. The molecule has 0 spiro atoms. The van der Waals surface area contributed by atoms with Gasteiger partial charge in [0.2, 0.25) is 0 Å². The molecule has 0 saturated heterocycles. The molecule has 0 unspecified atom stereocenters. The summed E-state index contributed by atoms with van der Waals surface area (Å²) in [4.78, 5) is 16.3. The Bertz CT molecular complexity index is 576. The van der Waals surface area contributed by atoms with E-state index in [1.54, 1.807) is 11.6 Å². The fraction of sp³-hybridized carbons (Fsp3) is 0.417. The maximum Gasteiger partial charge on any atom is 0.350 e. The molecule has 7 heteroatoms. The van der Waals surface area contributed by atoms with Gasteiger partial charge in [-0.25, -0.2) is 9.78 Å². The van der Waals surface area contributed by atoms with E-state index in [1.165, 1.54) is 18.4 Å². The Hall–Kier alpha value is -1.89. The summed E-state index contributed by atoms with van der Waals surface area (Å²) in [5, 5.41) is 8.22. The van der Waals surface area contributed by atoms with Crippen LogP contribution in [0.3, 0.4) is 0 Å². The molecule has 19 heavy (non-hydrogen) atoms. The van der Waals surface area contributed by atoms with Gasteiger partial charge in [-0.2, -0.15) is 5.10 Å². The third kappa shape index (κ3) is 3.31. The molecular weight excluding hydrogens is 264 g/mol. The molecule has 0 amide bonds. The van der Waals surface area contributed by atoms with E-state index in [1.807, 2.05) is 19.3 Å². The number of anilines is 1. The lowest BCUT2D eigenvalue weighted by Crippen LogP contribution is -2.05. The molecule has 0 fully saturated rings. The van der Waals surface area contributed by atoms with Gasteiger partial charge in [-0.05, 0) is 13.0 Å². The highest BCUT2D eigenvalue weighted by atomic mass is 32.1. The van der Waals surface area contributed by atoms with Crippen molar-refractivity contribution in [3.63, 3.8) is 0 Å². The van der Waals surface area contributed by atoms with E-state index in [0.717, 1.165) is 23.8 Å². The van der Waals surface area contributed by atoms with Crippen LogP contribution in [0.25, 0.3) is 0 Å². The van der Waals surface area contributed by atoms with Gasteiger partial charge < -0.3 is 10.1 Å². The lowest BCUT2D eigenvalue weighted by Gasteiger charge is -1.99. The van der Waals surface area contributed by atoms with Crippen molar-refractivity contribution >= 4 is 22.4 Å². The number of carbonyl (C=O) groups is 1. The predicted octanol–water partition coefficient (Wildman–Crippen LogP) is 1.63. The van der Waals surface area contributed by atoms with Crippen molar-refractivity contribution < 1.29 is 9.53 Å². The van der Waals surface area contributed by atoms with Gasteiger partial charge in [0.25, 0.3) is 0 Å². The first-order valence-corrected chi connectivity index (χ1v) is 6.70. The van der Waals surface area contributed by atoms with Gasteiger partial charge in [0.15, 0.2) is 5.13 Å². The molecule has 1 N–H and O–H groups in total. The lowest BCUT2D eigenvalue weighted by molar-refractivity contribution is 0.0605. The van der Waals surface area contributed by atoms with Crippen LogP contribution in [0.15, 0.2) is 12.3 Å². The number of aryl methyl sites for hydroxylation is 2. The summed E-state index contributed by atoms with van der Waals surface area (Å²) < 4.78 is 6.47. The molecule has 0 aliphatic carbocycles. The number of aromatic nitrogens is 3. The maximum absolute atomic E-state index is 11.5. The third-order valence-electron chi connectivity index (χ3n) is 2.59. The maximum atomic E-state index is 11.5. The Labute approximate surface area is 115 Å². The number of esters is 1. The molecule has 0 saturated carbocycles. The molecule has 0 bridgehead atoms. The number of nitrogens with zero attached hydrogens (tertiary/aromatic N) is 3. The van der Waals surface area contributed by atoms with Crippen LogP contribution in [0.4, 0.5) is 5.13 Å². The van der Waals surface area contributed by atoms with Crippen molar-refractivity contribution in [2.24, 2.45) is 7.05 Å². The van der Waals surface area contributed by atoms with E-state index < -0.39 is 0 Å². The van der Waals surface area contributed by atoms with Crippen LogP contribution >= 0.6 is 11.3 Å². The van der Waals surface area contributed by atoms with Crippen molar-refractivity contribution in [3.05, 3.63) is 28.5 Å². The first kappa shape index (κ1) is 13.5. The molecule has 2 rings (SSSR count). The highest BCUT2D eigenvalue weighted by molar-refractivity contribution is 7.17. The fourth-order valence-corrected chi connectivity index (χ4v) is 2.56. The number of thiazole rings is 1. The topological polar surface area (TPSA) is 69.0 Å². The number of nitrogens with one attached hydrogen (secondary N) is 1. The van der Waals surface area contributed by atoms with E-state index in [9.17, 15) is 4.79 Å². The van der Waals surface area contributed by atoms with E-state index >= 15 is 0 Å². The van der Waals surface area contributed by atoms with Crippen LogP contribution < -0.4 is 5.32 Å². The fourth-order valence-electron chi connectivity index (χ4n) is 1.65. The average molecular weight is 280 g/mol. The summed E-state index contributed by atoms with van der Waals surface area (Å²) in [7, 11) is 3.26. The Morgan fingerprint density at radius 2 is 2.37 bits per heavy atom. The van der Waals surface area contributed by atoms with Crippen LogP contribution in [-0.4, -0.2) is 34.4 Å². The molecule has 0 aliphatic rings. The number of ether oxygens (including phenoxy) is 1. The van der Waals surface area contributed by atoms with E-state index in [-0.39, 0.29) is 5.97 Å². The number of carbonyl (C=O) groups excluding carboxylic acids is 1. The van der Waals surface area contributed by atoms with Crippen LogP contribution in [0.5, 0.6) is 0 Å². The lowest BCUT2D eigenvalue weighted by atomic mass is 10.3. The molecular formula is C12H16N4O2S. The molecule has 2 aromatic rings. The Kier molecular flexibility index (Phi) is 4.16. The Balaban J connectivity index is 1.91. The number of hydrogen-bond donors (Lipinski definition) is 1. The number of rotatable bonds is 5. The molecule has 0 aliphatic heterocycles. The molecule has 0 radical (unpaired) electrons. The quantitative estimate of drug-likeness (QED) is 0.843. The zero-order valence-electron chi connectivity index (χ0n) is 11.1. The van der Waals surface area contributed by atoms with E-state index in [2.05, 4.69) is 15.4 Å². The molecule has 2 heterocycles. The second-order valence-electron chi connectivity index (χ2n) is 4.08. The van der Waals surface area contributed by atoms with Crippen molar-refractivity contribution in [2.45, 2.75) is 13.3 Å². The zero-order valence-corrected chi connectivity index (χ0v) is 12.0. The smallest absolute Gasteiger partial charge is 0.350 e. The first-order chi connectivity index (χ1) is 9.10. The SMILES string of the molecule is COC(=O)c1sc(NCCc2ccn(C)n2)nc1C. The number of hydrogen-bond acceptors (Lipinski definition) is 6. The summed E-state index contributed by atoms with van der Waals surface area (Å²) in [6, 6.07) is 1.98. The normalized spacial score (nSPS) is 10.5. The molecule has 2 aromatic heterocycles. The first-order valence-electron chi connectivity index (χ1n) is 5.88. The zero-order chi connectivity index (χ0) is 13.8. The standard InChI is InChI=1S/C12H16N4O2S/c1-8-10(11(17)18-3)19-12(14-8)13-6-4-9-5-7-16(2)15-9/h5,7H,4,6H2,1-3H3,(H,13,14). The van der Waals surface area contributed by atoms with Gasteiger partial charge in [-0.3, -0.25) is 4.68 Å². The summed E-state index contributed by atoms with van der Waals surface area (Å²) in [6.45, 7) is 2.53. The van der Waals surface area contributed by atoms with E-state index in [4.69, 9.17) is 4.74 Å². The Morgan fingerprint density at radius 3 is 3.00 bits per heavy atom. The second kappa shape index (κ2) is 5.83. The van der Waals surface area contributed by atoms with Crippen LogP contribution in [-0.2, 0) is 18.2 Å². The highest BCUT2D eigenvalue weighted by Crippen LogP contribution is 2.23. The van der Waals surface area contributed by atoms with Gasteiger partial charge in [0.05, 0.1) is 18.5 Å². The average Bonchev–Trinajstić information content (AvgIpc) is 2.95. The monoisotopic (exact) mass is 280 g/mol. The van der Waals surface area contributed by atoms with Gasteiger partial charge >= 0.3 is 5.97 Å². The largest absolute Gasteiger partial charge is 0.465 e. The van der Waals surface area contributed by atoms with Crippen LogP contribution in [0, 0.1) is 6.92 Å². The second-order valence-corrected chi connectivity index (χ2v) is 5.08. The van der Waals surface area contributed by atoms with Gasteiger partial charge in [-0.15, -0.1) is 0 Å². The van der Waals surface area contributed by atoms with Crippen LogP contribution in [0.2, 0.25) is 0 Å². The highest BCUT2D eigenvalue weighted by Gasteiger charge is 2.15. The molecule has 102 valence electrons. The van der Waals surface area contributed by atoms with Crippen LogP contribution in [0.1, 0.15) is 21.1 Å². The molecule has 0 atom stereocenters. The van der Waals surface area contributed by atoms with Crippen molar-refractivity contribution in [1.29, 1.82) is 0 Å². The van der Waals surface area contributed by atoms with Gasteiger partial charge in [0.1, 0.15) is 4.88 Å². The summed E-state index contributed by atoms with van der Waals surface area (Å²) in [5.41, 5.74) is 1.72. The minimum Gasteiger partial charge on any atom is -0.465 e. The van der Waals surface area contributed by atoms with Crippen molar-refractivity contribution in [1.82, 2.24) is 14.8 Å². The van der Waals surface area contributed by atoms with Crippen molar-refractivity contribution in [3.8, 4) is 0 Å². The minimum absolute atomic E-state index is 0.340. The molecule has 6 nitrogen and oxygen atoms in total. The number of methoxy groups -OCH3 is 1. The van der Waals surface area contributed by atoms with E-state index in [0.29, 0.717) is 10.6 Å². The Morgan fingerprint density at radius 1 is 1.58 bits per heavy atom. The predicted molar refractivity (Wildman–Crippen MR) is 73.6 cm³/mol. The minimum atomic E-state index is -0.340. The van der Waals surface area contributed by atoms with Crippen molar-refractivity contribution in [2.75, 3.05) is 19.0 Å². The molecule has 0 aromatic carbocycles. The van der Waals surface area contributed by atoms with Gasteiger partial charge in [-0.1, -0.05) is 11.3 Å². The third-order valence-corrected chi connectivity index (χ3v) is 3.69.